The summed E-state index contributed by atoms with van der Waals surface area (Å²) in [6, 6.07) is 16.8. The van der Waals surface area contributed by atoms with Crippen LogP contribution in [0.5, 0.6) is 0 Å². The van der Waals surface area contributed by atoms with E-state index < -0.39 is 5.97 Å². The molecule has 27 heavy (non-hydrogen) atoms. The van der Waals surface area contributed by atoms with Crippen LogP contribution in [-0.4, -0.2) is 21.8 Å². The van der Waals surface area contributed by atoms with Gasteiger partial charge in [0, 0.05) is 29.5 Å². The number of hydrogen-bond acceptors (Lipinski definition) is 4. The van der Waals surface area contributed by atoms with Gasteiger partial charge in [0.2, 0.25) is 0 Å². The fraction of sp³-hybridized carbons (Fsp3) is 0.227. The average molecular weight is 363 g/mol. The topological polar surface area (TPSA) is 80.4 Å². The van der Waals surface area contributed by atoms with E-state index in [-0.39, 0.29) is 18.6 Å². The summed E-state index contributed by atoms with van der Waals surface area (Å²) in [4.78, 5) is 28.1. The molecule has 1 heterocycles. The van der Waals surface area contributed by atoms with Gasteiger partial charge in [-0.15, -0.1) is 0 Å². The Morgan fingerprint density at radius 2 is 1.70 bits per heavy atom. The lowest BCUT2D eigenvalue weighted by Crippen LogP contribution is -2.05. The predicted molar refractivity (Wildman–Crippen MR) is 103 cm³/mol. The van der Waals surface area contributed by atoms with E-state index in [0.717, 1.165) is 12.0 Å². The van der Waals surface area contributed by atoms with Gasteiger partial charge in [-0.05, 0) is 6.42 Å². The molecular formula is C22H21NO4. The third-order valence-corrected chi connectivity index (χ3v) is 4.22. The highest BCUT2D eigenvalue weighted by Crippen LogP contribution is 2.35. The van der Waals surface area contributed by atoms with Gasteiger partial charge in [0.15, 0.2) is 17.4 Å². The van der Waals surface area contributed by atoms with Crippen molar-refractivity contribution in [1.82, 2.24) is 4.98 Å². The third kappa shape index (κ3) is 4.31. The molecule has 0 bridgehead atoms. The highest BCUT2D eigenvalue weighted by Gasteiger charge is 2.21. The third-order valence-electron chi connectivity index (χ3n) is 4.22. The van der Waals surface area contributed by atoms with Gasteiger partial charge in [0.25, 0.3) is 0 Å². The second kappa shape index (κ2) is 8.45. The molecule has 5 heteroatoms. The molecule has 0 radical (unpaired) electrons. The summed E-state index contributed by atoms with van der Waals surface area (Å²) >= 11 is 0. The van der Waals surface area contributed by atoms with E-state index in [4.69, 9.17) is 9.52 Å². The predicted octanol–water partition coefficient (Wildman–Crippen LogP) is 5.01. The summed E-state index contributed by atoms with van der Waals surface area (Å²) in [6.45, 7) is 2.05. The van der Waals surface area contributed by atoms with Crippen molar-refractivity contribution in [2.24, 2.45) is 0 Å². The number of rotatable bonds is 8. The molecular weight excluding hydrogens is 342 g/mol. The van der Waals surface area contributed by atoms with Crippen LogP contribution in [0.25, 0.3) is 22.6 Å². The van der Waals surface area contributed by atoms with E-state index in [1.165, 1.54) is 0 Å². The van der Waals surface area contributed by atoms with E-state index >= 15 is 0 Å². The number of ketones is 1. The van der Waals surface area contributed by atoms with Crippen LogP contribution in [0.2, 0.25) is 0 Å². The molecule has 0 aliphatic carbocycles. The Bertz CT molecular complexity index is 944. The molecule has 0 aliphatic heterocycles. The Morgan fingerprint density at radius 3 is 2.41 bits per heavy atom. The number of Topliss-reactive ketones (excluding diaryl/α,β-unsaturated/α-hetero) is 1. The van der Waals surface area contributed by atoms with Crippen molar-refractivity contribution in [2.45, 2.75) is 32.6 Å². The number of benzene rings is 2. The quantitative estimate of drug-likeness (QED) is 0.569. The zero-order valence-electron chi connectivity index (χ0n) is 15.1. The lowest BCUT2D eigenvalue weighted by Gasteiger charge is -2.07. The maximum Gasteiger partial charge on any atom is 0.303 e. The van der Waals surface area contributed by atoms with Gasteiger partial charge in [-0.2, -0.15) is 0 Å². The number of carbonyl (C=O) groups excluding carboxylic acids is 1. The highest BCUT2D eigenvalue weighted by atomic mass is 16.4. The van der Waals surface area contributed by atoms with E-state index in [9.17, 15) is 9.59 Å². The van der Waals surface area contributed by atoms with Gasteiger partial charge in [0.1, 0.15) is 5.69 Å². The summed E-state index contributed by atoms with van der Waals surface area (Å²) < 4.78 is 6.01. The minimum Gasteiger partial charge on any atom is -0.481 e. The van der Waals surface area contributed by atoms with Gasteiger partial charge < -0.3 is 9.52 Å². The van der Waals surface area contributed by atoms with E-state index in [1.807, 2.05) is 42.5 Å². The number of carboxylic acids is 1. The second-order valence-corrected chi connectivity index (χ2v) is 6.26. The smallest absolute Gasteiger partial charge is 0.303 e. The zero-order chi connectivity index (χ0) is 19.2. The van der Waals surface area contributed by atoms with Crippen LogP contribution >= 0.6 is 0 Å². The fourth-order valence-corrected chi connectivity index (χ4v) is 2.94. The summed E-state index contributed by atoms with van der Waals surface area (Å²) in [5.41, 5.74) is 2.63. The minimum atomic E-state index is -0.988. The molecule has 138 valence electrons. The number of nitrogens with zero attached hydrogens (tertiary/aromatic N) is 1. The number of hydrogen-bond donors (Lipinski definition) is 1. The molecule has 0 unspecified atom stereocenters. The first-order chi connectivity index (χ1) is 13.1. The van der Waals surface area contributed by atoms with Gasteiger partial charge in [-0.3, -0.25) is 9.59 Å². The van der Waals surface area contributed by atoms with Crippen LogP contribution in [-0.2, 0) is 11.2 Å². The first-order valence-electron chi connectivity index (χ1n) is 8.99. The number of aliphatic carboxylic acids is 1. The van der Waals surface area contributed by atoms with Crippen LogP contribution in [0.3, 0.4) is 0 Å². The first kappa shape index (κ1) is 18.6. The summed E-state index contributed by atoms with van der Waals surface area (Å²) in [5.74, 6) is 0.0428. The zero-order valence-corrected chi connectivity index (χ0v) is 15.1. The molecule has 1 aromatic heterocycles. The molecule has 0 spiro atoms. The van der Waals surface area contributed by atoms with Crippen molar-refractivity contribution in [1.29, 1.82) is 0 Å². The summed E-state index contributed by atoms with van der Waals surface area (Å²) in [5, 5.41) is 8.87. The van der Waals surface area contributed by atoms with Crippen LogP contribution in [0.4, 0.5) is 0 Å². The molecule has 3 rings (SSSR count). The summed E-state index contributed by atoms with van der Waals surface area (Å²) in [6.07, 6.45) is 1.35. The van der Waals surface area contributed by atoms with Crippen molar-refractivity contribution in [3.05, 3.63) is 66.1 Å². The van der Waals surface area contributed by atoms with Gasteiger partial charge in [-0.25, -0.2) is 4.98 Å². The average Bonchev–Trinajstić information content (AvgIpc) is 3.11. The lowest BCUT2D eigenvalue weighted by molar-refractivity contribution is -0.136. The minimum absolute atomic E-state index is 0.0489. The molecule has 1 N–H and O–H groups in total. The normalized spacial score (nSPS) is 10.7. The molecule has 0 saturated carbocycles. The van der Waals surface area contributed by atoms with E-state index in [2.05, 4.69) is 11.9 Å². The largest absolute Gasteiger partial charge is 0.481 e. The second-order valence-electron chi connectivity index (χ2n) is 6.26. The maximum absolute atomic E-state index is 12.6. The van der Waals surface area contributed by atoms with Gasteiger partial charge in [-0.1, -0.05) is 61.5 Å². The van der Waals surface area contributed by atoms with Crippen molar-refractivity contribution in [3.8, 4) is 22.6 Å². The Kier molecular flexibility index (Phi) is 5.81. The number of aromatic nitrogens is 1. The highest BCUT2D eigenvalue weighted by molar-refractivity contribution is 6.03. The number of aryl methyl sites for hydroxylation is 1. The summed E-state index contributed by atoms with van der Waals surface area (Å²) in [7, 11) is 0. The SMILES string of the molecule is CCCc1nc(-c2ccccc2C(=O)CCC(=O)O)c(-c2ccccc2)o1. The van der Waals surface area contributed by atoms with Crippen molar-refractivity contribution < 1.29 is 19.1 Å². The monoisotopic (exact) mass is 363 g/mol. The first-order valence-corrected chi connectivity index (χ1v) is 8.99. The van der Waals surface area contributed by atoms with Crippen molar-refractivity contribution in [2.75, 3.05) is 0 Å². The molecule has 0 amide bonds. The van der Waals surface area contributed by atoms with Crippen LogP contribution < -0.4 is 0 Å². The molecule has 2 aromatic carbocycles. The fourth-order valence-electron chi connectivity index (χ4n) is 2.94. The van der Waals surface area contributed by atoms with Crippen molar-refractivity contribution in [3.63, 3.8) is 0 Å². The Balaban J connectivity index is 2.08. The lowest BCUT2D eigenvalue weighted by atomic mass is 9.96. The van der Waals surface area contributed by atoms with Gasteiger partial charge in [0.05, 0.1) is 6.42 Å². The molecule has 3 aromatic rings. The molecule has 0 fully saturated rings. The molecule has 0 saturated heterocycles. The Labute approximate surface area is 157 Å². The number of carbonyl (C=O) groups is 2. The molecule has 0 aliphatic rings. The standard InChI is InChI=1S/C22H21NO4/c1-2-8-19-23-21(22(27-19)15-9-4-3-5-10-15)17-12-7-6-11-16(17)18(24)13-14-20(25)26/h3-7,9-12H,2,8,13-14H2,1H3,(H,25,26). The van der Waals surface area contributed by atoms with Crippen LogP contribution in [0, 0.1) is 0 Å². The van der Waals surface area contributed by atoms with Crippen LogP contribution in [0.15, 0.2) is 59.0 Å². The maximum atomic E-state index is 12.6. The van der Waals surface area contributed by atoms with E-state index in [1.54, 1.807) is 12.1 Å². The Morgan fingerprint density at radius 1 is 1.00 bits per heavy atom. The van der Waals surface area contributed by atoms with Crippen LogP contribution in [0.1, 0.15) is 42.4 Å². The van der Waals surface area contributed by atoms with E-state index in [0.29, 0.717) is 34.9 Å². The van der Waals surface area contributed by atoms with Crippen molar-refractivity contribution >= 4 is 11.8 Å². The molecule has 5 nitrogen and oxygen atoms in total. The number of carboxylic acid groups (broad SMARTS) is 1. The number of oxazole rings is 1. The molecule has 0 atom stereocenters. The Hall–Kier alpha value is -3.21. The van der Waals surface area contributed by atoms with Gasteiger partial charge >= 0.3 is 5.97 Å².